The number of carbonyl (C=O) groups excluding carboxylic acids is 2. The SMILES string of the molecule is CC[C@H]1OC(=O)[C@H](C)[C@@H](O[C@H]2C[C@@](C)(OC)[C@@H](O)[C@H](C)O2)[C@H](C)[C@@H](O[C@@H]2O[C@H](C)C[C@H](N(C)C)[C@H]2O)[C@@H](C)C[C@@H](C)C(=O)[C@H](C)[C@@H](O)[C@H]1C. The summed E-state index contributed by atoms with van der Waals surface area (Å²) in [6, 6.07) is -0.204. The fourth-order valence-electron chi connectivity index (χ4n) is 8.29. The molecule has 12 heteroatoms. The second kappa shape index (κ2) is 17.5. The molecule has 3 N–H and O–H groups in total. The number of rotatable bonds is 7. The summed E-state index contributed by atoms with van der Waals surface area (Å²) in [6.45, 7) is 18.5. The van der Waals surface area contributed by atoms with Gasteiger partial charge < -0.3 is 48.6 Å². The zero-order valence-corrected chi connectivity index (χ0v) is 32.2. The van der Waals surface area contributed by atoms with E-state index in [9.17, 15) is 24.9 Å². The van der Waals surface area contributed by atoms with E-state index in [1.807, 2.05) is 60.5 Å². The zero-order valence-electron chi connectivity index (χ0n) is 32.2. The van der Waals surface area contributed by atoms with Gasteiger partial charge in [0.2, 0.25) is 0 Å². The molecule has 0 aromatic carbocycles. The van der Waals surface area contributed by atoms with Crippen molar-refractivity contribution in [3.8, 4) is 0 Å². The van der Waals surface area contributed by atoms with E-state index in [-0.39, 0.29) is 30.3 Å². The topological polar surface area (TPSA) is 153 Å². The fraction of sp³-hybridized carbons (Fsp3) is 0.946. The number of likely N-dealkylation sites (N-methyl/N-ethyl adjacent to an activating group) is 1. The number of ether oxygens (including phenoxy) is 6. The molecule has 3 rings (SSSR count). The van der Waals surface area contributed by atoms with Crippen molar-refractivity contribution in [2.45, 2.75) is 168 Å². The van der Waals surface area contributed by atoms with Crippen LogP contribution >= 0.6 is 0 Å². The van der Waals surface area contributed by atoms with Crippen LogP contribution < -0.4 is 0 Å². The van der Waals surface area contributed by atoms with Crippen LogP contribution in [0.2, 0.25) is 0 Å². The predicted octanol–water partition coefficient (Wildman–Crippen LogP) is 3.56. The first-order chi connectivity index (χ1) is 22.8. The minimum atomic E-state index is -1.01. The highest BCUT2D eigenvalue weighted by atomic mass is 16.7. The molecule has 0 aromatic heterocycles. The molecular formula is C37H67NO11. The normalized spacial score (nSPS) is 48.2. The van der Waals surface area contributed by atoms with Crippen LogP contribution in [-0.4, -0.2) is 126 Å². The summed E-state index contributed by atoms with van der Waals surface area (Å²) in [5.74, 6) is -3.71. The molecule has 0 saturated carbocycles. The van der Waals surface area contributed by atoms with Crippen molar-refractivity contribution in [1.29, 1.82) is 0 Å². The molecule has 3 aliphatic heterocycles. The van der Waals surface area contributed by atoms with Crippen LogP contribution in [0.3, 0.4) is 0 Å². The molecule has 0 aliphatic carbocycles. The Balaban J connectivity index is 2.10. The van der Waals surface area contributed by atoms with Gasteiger partial charge in [0.15, 0.2) is 12.6 Å². The van der Waals surface area contributed by atoms with Gasteiger partial charge in [0.05, 0.1) is 42.0 Å². The van der Waals surface area contributed by atoms with Gasteiger partial charge in [-0.15, -0.1) is 0 Å². The molecule has 49 heavy (non-hydrogen) atoms. The van der Waals surface area contributed by atoms with Crippen LogP contribution in [0.15, 0.2) is 0 Å². The first-order valence-corrected chi connectivity index (χ1v) is 18.4. The average Bonchev–Trinajstić information content (AvgIpc) is 3.05. The molecule has 3 saturated heterocycles. The summed E-state index contributed by atoms with van der Waals surface area (Å²) in [6.07, 6.45) is -5.83. The largest absolute Gasteiger partial charge is 0.462 e. The Bertz CT molecular complexity index is 1080. The van der Waals surface area contributed by atoms with E-state index >= 15 is 0 Å². The van der Waals surface area contributed by atoms with E-state index < -0.39 is 96.5 Å². The molecule has 3 aliphatic rings. The van der Waals surface area contributed by atoms with Crippen LogP contribution in [0.25, 0.3) is 0 Å². The van der Waals surface area contributed by atoms with Crippen LogP contribution in [0.4, 0.5) is 0 Å². The summed E-state index contributed by atoms with van der Waals surface area (Å²) >= 11 is 0. The van der Waals surface area contributed by atoms with Gasteiger partial charge in [-0.1, -0.05) is 41.5 Å². The van der Waals surface area contributed by atoms with Gasteiger partial charge >= 0.3 is 5.97 Å². The van der Waals surface area contributed by atoms with Gasteiger partial charge in [-0.05, 0) is 67.0 Å². The maximum atomic E-state index is 14.0. The molecule has 18 atom stereocenters. The van der Waals surface area contributed by atoms with Gasteiger partial charge in [0, 0.05) is 43.2 Å². The highest BCUT2D eigenvalue weighted by Gasteiger charge is 2.49. The van der Waals surface area contributed by atoms with Gasteiger partial charge in [-0.2, -0.15) is 0 Å². The number of hydrogen-bond donors (Lipinski definition) is 3. The standard InChI is InChI=1S/C37H67NO11/c1-14-27-21(5)30(40)22(6)29(39)18(2)15-19(3)32(49-36-31(41)26(38(11)12)16-20(4)45-36)23(7)33(24(8)35(43)47-27)48-28-17-37(10,44-13)34(42)25(9)46-28/h18-28,30-34,36,40-42H,14-17H2,1-13H3/t18-,19+,20-,21+,22+,23-,24-,25+,26+,27-,28+,30+,31-,32+,33+,34+,36+,37-/m1/s1. The summed E-state index contributed by atoms with van der Waals surface area (Å²) in [7, 11) is 5.36. The van der Waals surface area contributed by atoms with E-state index in [1.54, 1.807) is 27.7 Å². The third kappa shape index (κ3) is 9.61. The number of hydrogen-bond acceptors (Lipinski definition) is 12. The molecule has 0 radical (unpaired) electrons. The second-order valence-electron chi connectivity index (χ2n) is 15.9. The van der Waals surface area contributed by atoms with Crippen LogP contribution in [0, 0.1) is 35.5 Å². The molecule has 0 amide bonds. The lowest BCUT2D eigenvalue weighted by atomic mass is 9.76. The lowest BCUT2D eigenvalue weighted by Crippen LogP contribution is -2.58. The number of Topliss-reactive ketones (excluding diaryl/α,β-unsaturated/α-hetero) is 1. The first kappa shape index (κ1) is 42.2. The predicted molar refractivity (Wildman–Crippen MR) is 183 cm³/mol. The number of cyclic esters (lactones) is 1. The van der Waals surface area contributed by atoms with E-state index in [2.05, 4.69) is 0 Å². The smallest absolute Gasteiger partial charge is 0.311 e. The monoisotopic (exact) mass is 701 g/mol. The quantitative estimate of drug-likeness (QED) is 0.333. The van der Waals surface area contributed by atoms with Crippen LogP contribution in [0.5, 0.6) is 0 Å². The average molecular weight is 702 g/mol. The maximum Gasteiger partial charge on any atom is 0.311 e. The summed E-state index contributed by atoms with van der Waals surface area (Å²) in [5.41, 5.74) is -0.956. The summed E-state index contributed by atoms with van der Waals surface area (Å²) in [5, 5.41) is 33.7. The van der Waals surface area contributed by atoms with Crippen LogP contribution in [-0.2, 0) is 38.0 Å². The Morgan fingerprint density at radius 3 is 2.06 bits per heavy atom. The van der Waals surface area contributed by atoms with Crippen molar-refractivity contribution in [2.24, 2.45) is 35.5 Å². The lowest BCUT2D eigenvalue weighted by molar-refractivity contribution is -0.309. The second-order valence-corrected chi connectivity index (χ2v) is 15.9. The number of carbonyl (C=O) groups is 2. The molecule has 12 nitrogen and oxygen atoms in total. The zero-order chi connectivity index (χ0) is 37.1. The molecule has 3 heterocycles. The molecule has 0 spiro atoms. The minimum Gasteiger partial charge on any atom is -0.462 e. The number of methoxy groups -OCH3 is 1. The third-order valence-corrected chi connectivity index (χ3v) is 11.8. The van der Waals surface area contributed by atoms with E-state index in [4.69, 9.17) is 28.4 Å². The van der Waals surface area contributed by atoms with Crippen molar-refractivity contribution in [2.75, 3.05) is 21.2 Å². The Hall–Kier alpha value is -1.22. The third-order valence-electron chi connectivity index (χ3n) is 11.8. The summed E-state index contributed by atoms with van der Waals surface area (Å²) in [4.78, 5) is 29.7. The first-order valence-electron chi connectivity index (χ1n) is 18.4. The Morgan fingerprint density at radius 2 is 1.49 bits per heavy atom. The van der Waals surface area contributed by atoms with Gasteiger partial charge in [-0.25, -0.2) is 0 Å². The number of nitrogens with zero attached hydrogens (tertiary/aromatic N) is 1. The van der Waals surface area contributed by atoms with E-state index in [0.717, 1.165) is 0 Å². The molecule has 3 fully saturated rings. The van der Waals surface area contributed by atoms with Gasteiger partial charge in [-0.3, -0.25) is 9.59 Å². The molecule has 286 valence electrons. The minimum absolute atomic E-state index is 0.0748. The highest BCUT2D eigenvalue weighted by molar-refractivity contribution is 5.83. The molecular weight excluding hydrogens is 634 g/mol. The number of esters is 1. The van der Waals surface area contributed by atoms with Crippen molar-refractivity contribution < 1.29 is 53.3 Å². The lowest BCUT2D eigenvalue weighted by Gasteiger charge is -2.47. The Kier molecular flexibility index (Phi) is 15.1. The number of ketones is 1. The van der Waals surface area contributed by atoms with Crippen molar-refractivity contribution in [3.63, 3.8) is 0 Å². The van der Waals surface area contributed by atoms with Crippen LogP contribution in [0.1, 0.15) is 94.9 Å². The summed E-state index contributed by atoms with van der Waals surface area (Å²) < 4.78 is 37.7. The van der Waals surface area contributed by atoms with Gasteiger partial charge in [0.25, 0.3) is 0 Å². The highest BCUT2D eigenvalue weighted by Crippen LogP contribution is 2.39. The van der Waals surface area contributed by atoms with Crippen molar-refractivity contribution in [1.82, 2.24) is 4.90 Å². The van der Waals surface area contributed by atoms with Gasteiger partial charge in [0.1, 0.15) is 24.1 Å². The van der Waals surface area contributed by atoms with Crippen molar-refractivity contribution in [3.05, 3.63) is 0 Å². The molecule has 0 bridgehead atoms. The Morgan fingerprint density at radius 1 is 0.857 bits per heavy atom. The number of aliphatic hydroxyl groups is 3. The van der Waals surface area contributed by atoms with E-state index in [0.29, 0.717) is 19.3 Å². The Labute approximate surface area is 294 Å². The maximum absolute atomic E-state index is 14.0. The molecule has 0 unspecified atom stereocenters. The molecule has 0 aromatic rings. The number of aliphatic hydroxyl groups excluding tert-OH is 3. The van der Waals surface area contributed by atoms with Crippen molar-refractivity contribution >= 4 is 11.8 Å². The van der Waals surface area contributed by atoms with E-state index in [1.165, 1.54) is 7.11 Å². The fourth-order valence-corrected chi connectivity index (χ4v) is 8.29.